The van der Waals surface area contributed by atoms with Crippen LogP contribution in [0.3, 0.4) is 0 Å². The highest BCUT2D eigenvalue weighted by atomic mass is 35.5. The maximum Gasteiger partial charge on any atom is 0.319 e. The smallest absolute Gasteiger partial charge is 0.319 e. The molecule has 0 heterocycles. The molecule has 0 atom stereocenters. The number of urea groups is 1. The minimum atomic E-state index is -0.244. The van der Waals surface area contributed by atoms with E-state index in [0.29, 0.717) is 17.3 Å². The molecule has 0 aliphatic rings. The van der Waals surface area contributed by atoms with Crippen LogP contribution in [0.4, 0.5) is 10.5 Å². The Kier molecular flexibility index (Phi) is 5.77. The van der Waals surface area contributed by atoms with E-state index in [4.69, 9.17) is 11.6 Å². The number of thioether (sulfide) groups is 1. The van der Waals surface area contributed by atoms with Gasteiger partial charge in [0.2, 0.25) is 0 Å². The second-order valence-corrected chi connectivity index (χ2v) is 5.60. The Hall–Kier alpha value is -1.65. The number of halogens is 1. The van der Waals surface area contributed by atoms with Crippen molar-refractivity contribution in [2.75, 3.05) is 17.6 Å². The Balaban J connectivity index is 1.69. The molecule has 2 rings (SSSR count). The van der Waals surface area contributed by atoms with Crippen LogP contribution in [-0.4, -0.2) is 18.3 Å². The summed E-state index contributed by atoms with van der Waals surface area (Å²) in [6.07, 6.45) is 0. The van der Waals surface area contributed by atoms with Crippen LogP contribution < -0.4 is 10.6 Å². The first-order valence-electron chi connectivity index (χ1n) is 6.23. The molecule has 0 unspecified atom stereocenters. The lowest BCUT2D eigenvalue weighted by Gasteiger charge is -2.08. The summed E-state index contributed by atoms with van der Waals surface area (Å²) in [7, 11) is 0. The predicted octanol–water partition coefficient (Wildman–Crippen LogP) is 4.25. The first-order valence-corrected chi connectivity index (χ1v) is 7.59. The predicted molar refractivity (Wildman–Crippen MR) is 85.6 cm³/mol. The van der Waals surface area contributed by atoms with Crippen molar-refractivity contribution in [3.8, 4) is 0 Å². The highest BCUT2D eigenvalue weighted by molar-refractivity contribution is 7.99. The van der Waals surface area contributed by atoms with E-state index in [9.17, 15) is 4.79 Å². The molecule has 2 amide bonds. The van der Waals surface area contributed by atoms with Gasteiger partial charge in [-0.25, -0.2) is 4.79 Å². The molecule has 0 fully saturated rings. The molecule has 0 aliphatic heterocycles. The van der Waals surface area contributed by atoms with Gasteiger partial charge in [0, 0.05) is 17.2 Å². The number of rotatable bonds is 5. The van der Waals surface area contributed by atoms with Gasteiger partial charge >= 0.3 is 6.03 Å². The van der Waals surface area contributed by atoms with Crippen LogP contribution in [0, 0.1) is 0 Å². The van der Waals surface area contributed by atoms with Gasteiger partial charge in [-0.05, 0) is 24.3 Å². The lowest BCUT2D eigenvalue weighted by atomic mass is 10.3. The SMILES string of the molecule is O=C(NCCSc1ccccc1)Nc1ccccc1Cl. The summed E-state index contributed by atoms with van der Waals surface area (Å²) in [5.41, 5.74) is 0.613. The van der Waals surface area contributed by atoms with Crippen LogP contribution in [-0.2, 0) is 0 Å². The van der Waals surface area contributed by atoms with Crippen molar-refractivity contribution in [3.05, 3.63) is 59.6 Å². The van der Waals surface area contributed by atoms with E-state index in [1.807, 2.05) is 30.3 Å². The molecular weight excluding hydrogens is 292 g/mol. The highest BCUT2D eigenvalue weighted by Gasteiger charge is 2.03. The minimum Gasteiger partial charge on any atom is -0.337 e. The van der Waals surface area contributed by atoms with Crippen LogP contribution in [0.25, 0.3) is 0 Å². The number of amides is 2. The Morgan fingerprint density at radius 2 is 1.75 bits per heavy atom. The molecule has 0 aliphatic carbocycles. The molecule has 3 nitrogen and oxygen atoms in total. The monoisotopic (exact) mass is 306 g/mol. The summed E-state index contributed by atoms with van der Waals surface area (Å²) < 4.78 is 0. The zero-order chi connectivity index (χ0) is 14.2. The lowest BCUT2D eigenvalue weighted by Crippen LogP contribution is -2.30. The number of para-hydroxylation sites is 1. The van der Waals surface area contributed by atoms with E-state index in [1.165, 1.54) is 4.90 Å². The molecule has 2 aromatic carbocycles. The maximum absolute atomic E-state index is 11.7. The zero-order valence-corrected chi connectivity index (χ0v) is 12.4. The van der Waals surface area contributed by atoms with Crippen LogP contribution in [0.5, 0.6) is 0 Å². The molecule has 0 saturated carbocycles. The Bertz CT molecular complexity index is 563. The van der Waals surface area contributed by atoms with E-state index >= 15 is 0 Å². The van der Waals surface area contributed by atoms with Crippen LogP contribution in [0.1, 0.15) is 0 Å². The van der Waals surface area contributed by atoms with E-state index in [-0.39, 0.29) is 6.03 Å². The van der Waals surface area contributed by atoms with Crippen molar-refractivity contribution < 1.29 is 4.79 Å². The average molecular weight is 307 g/mol. The largest absolute Gasteiger partial charge is 0.337 e. The molecule has 20 heavy (non-hydrogen) atoms. The van der Waals surface area contributed by atoms with Gasteiger partial charge in [0.15, 0.2) is 0 Å². The van der Waals surface area contributed by atoms with Gasteiger partial charge in [-0.3, -0.25) is 0 Å². The molecular formula is C15H15ClN2OS. The van der Waals surface area contributed by atoms with E-state index < -0.39 is 0 Å². The summed E-state index contributed by atoms with van der Waals surface area (Å²) in [6.45, 7) is 0.593. The maximum atomic E-state index is 11.7. The zero-order valence-electron chi connectivity index (χ0n) is 10.8. The van der Waals surface area contributed by atoms with Crippen LogP contribution >= 0.6 is 23.4 Å². The minimum absolute atomic E-state index is 0.244. The third-order valence-corrected chi connectivity index (χ3v) is 3.86. The van der Waals surface area contributed by atoms with Crippen molar-refractivity contribution in [2.24, 2.45) is 0 Å². The van der Waals surface area contributed by atoms with Crippen LogP contribution in [0.15, 0.2) is 59.5 Å². The Morgan fingerprint density at radius 3 is 2.50 bits per heavy atom. The Labute approximate surface area is 127 Å². The van der Waals surface area contributed by atoms with E-state index in [0.717, 1.165) is 5.75 Å². The lowest BCUT2D eigenvalue weighted by molar-refractivity contribution is 0.252. The first-order chi connectivity index (χ1) is 9.75. The number of anilines is 1. The topological polar surface area (TPSA) is 41.1 Å². The summed E-state index contributed by atoms with van der Waals surface area (Å²) in [4.78, 5) is 12.9. The molecule has 0 aromatic heterocycles. The number of carbonyl (C=O) groups excluding carboxylic acids is 1. The van der Waals surface area contributed by atoms with Crippen molar-refractivity contribution >= 4 is 35.1 Å². The fourth-order valence-electron chi connectivity index (χ4n) is 1.58. The fraction of sp³-hybridized carbons (Fsp3) is 0.133. The van der Waals surface area contributed by atoms with Gasteiger partial charge in [0.05, 0.1) is 10.7 Å². The molecule has 2 aromatic rings. The Morgan fingerprint density at radius 1 is 1.05 bits per heavy atom. The van der Waals surface area contributed by atoms with Gasteiger partial charge in [-0.15, -0.1) is 11.8 Å². The van der Waals surface area contributed by atoms with Crippen molar-refractivity contribution in [2.45, 2.75) is 4.90 Å². The highest BCUT2D eigenvalue weighted by Crippen LogP contribution is 2.20. The first kappa shape index (κ1) is 14.8. The summed E-state index contributed by atoms with van der Waals surface area (Å²) >= 11 is 7.67. The second kappa shape index (κ2) is 7.82. The van der Waals surface area contributed by atoms with Crippen LogP contribution in [0.2, 0.25) is 5.02 Å². The quantitative estimate of drug-likeness (QED) is 0.640. The third-order valence-electron chi connectivity index (χ3n) is 2.52. The van der Waals surface area contributed by atoms with Gasteiger partial charge < -0.3 is 10.6 Å². The number of hydrogen-bond acceptors (Lipinski definition) is 2. The number of hydrogen-bond donors (Lipinski definition) is 2. The van der Waals surface area contributed by atoms with Gasteiger partial charge in [0.1, 0.15) is 0 Å². The van der Waals surface area contributed by atoms with Crippen molar-refractivity contribution in [3.63, 3.8) is 0 Å². The summed E-state index contributed by atoms with van der Waals surface area (Å²) in [5, 5.41) is 6.05. The van der Waals surface area contributed by atoms with Gasteiger partial charge in [-0.1, -0.05) is 41.9 Å². The standard InChI is InChI=1S/C15H15ClN2OS/c16-13-8-4-5-9-14(13)18-15(19)17-10-11-20-12-6-2-1-3-7-12/h1-9H,10-11H2,(H2,17,18,19). The fourth-order valence-corrected chi connectivity index (χ4v) is 2.55. The molecule has 104 valence electrons. The number of carbonyl (C=O) groups is 1. The molecule has 5 heteroatoms. The van der Waals surface area contributed by atoms with Crippen molar-refractivity contribution in [1.82, 2.24) is 5.32 Å². The molecule has 0 spiro atoms. The normalized spacial score (nSPS) is 10.1. The molecule has 0 radical (unpaired) electrons. The van der Waals surface area contributed by atoms with Gasteiger partial charge in [0.25, 0.3) is 0 Å². The average Bonchev–Trinajstić information content (AvgIpc) is 2.47. The summed E-state index contributed by atoms with van der Waals surface area (Å²) in [6, 6.07) is 17.0. The van der Waals surface area contributed by atoms with Crippen molar-refractivity contribution in [1.29, 1.82) is 0 Å². The third kappa shape index (κ3) is 4.79. The summed E-state index contributed by atoms with van der Waals surface area (Å²) in [5.74, 6) is 0.819. The molecule has 0 bridgehead atoms. The van der Waals surface area contributed by atoms with E-state index in [2.05, 4.69) is 22.8 Å². The van der Waals surface area contributed by atoms with E-state index in [1.54, 1.807) is 23.9 Å². The van der Waals surface area contributed by atoms with Gasteiger partial charge in [-0.2, -0.15) is 0 Å². The second-order valence-electron chi connectivity index (χ2n) is 4.02. The number of nitrogens with one attached hydrogen (secondary N) is 2. The molecule has 0 saturated heterocycles. The molecule has 2 N–H and O–H groups in total. The number of benzene rings is 2.